The molecule has 1 rings (SSSR count). The van der Waals surface area contributed by atoms with Gasteiger partial charge in [-0.1, -0.05) is 0 Å². The molecule has 1 aliphatic heterocycles. The zero-order valence-corrected chi connectivity index (χ0v) is 9.98. The van der Waals surface area contributed by atoms with Crippen LogP contribution in [0.5, 0.6) is 0 Å². The molecule has 1 heterocycles. The van der Waals surface area contributed by atoms with Crippen LogP contribution in [-0.4, -0.2) is 28.6 Å². The van der Waals surface area contributed by atoms with Gasteiger partial charge >= 0.3 is 0 Å². The van der Waals surface area contributed by atoms with Crippen LogP contribution in [0.4, 0.5) is 0 Å². The van der Waals surface area contributed by atoms with Crippen molar-refractivity contribution in [3.63, 3.8) is 0 Å². The Kier molecular flexibility index (Phi) is 2.96. The molecule has 3 heteroatoms. The largest absolute Gasteiger partial charge is 0.301 e. The summed E-state index contributed by atoms with van der Waals surface area (Å²) < 4.78 is 0. The van der Waals surface area contributed by atoms with Gasteiger partial charge in [-0.25, -0.2) is 0 Å². The molecule has 13 heavy (non-hydrogen) atoms. The molecular formula is C10H20ClNO. The molecule has 0 aliphatic carbocycles. The Morgan fingerprint density at radius 1 is 1.15 bits per heavy atom. The third kappa shape index (κ3) is 2.17. The lowest BCUT2D eigenvalue weighted by Crippen LogP contribution is -2.60. The van der Waals surface area contributed by atoms with Gasteiger partial charge in [0.1, 0.15) is 0 Å². The van der Waals surface area contributed by atoms with E-state index in [2.05, 4.69) is 32.8 Å². The summed E-state index contributed by atoms with van der Waals surface area (Å²) >= 11 is 6.23. The van der Waals surface area contributed by atoms with Gasteiger partial charge in [-0.2, -0.15) is 5.06 Å². The Bertz CT molecular complexity index is 173. The van der Waals surface area contributed by atoms with Crippen LogP contribution in [0, 0.1) is 0 Å². The maximum atomic E-state index is 6.23. The third-order valence-corrected chi connectivity index (χ3v) is 3.03. The van der Waals surface area contributed by atoms with Crippen molar-refractivity contribution in [2.24, 2.45) is 0 Å². The number of halogens is 1. The van der Waals surface area contributed by atoms with E-state index >= 15 is 0 Å². The molecule has 0 spiro atoms. The molecule has 0 N–H and O–H groups in total. The van der Waals surface area contributed by atoms with Crippen LogP contribution in [0.1, 0.15) is 40.5 Å². The second-order valence-electron chi connectivity index (χ2n) is 5.11. The van der Waals surface area contributed by atoms with Gasteiger partial charge in [-0.05, 0) is 40.5 Å². The highest BCUT2D eigenvalue weighted by atomic mass is 35.5. The molecule has 0 atom stereocenters. The average molecular weight is 206 g/mol. The van der Waals surface area contributed by atoms with E-state index in [9.17, 15) is 0 Å². The molecule has 78 valence electrons. The molecule has 0 amide bonds. The summed E-state index contributed by atoms with van der Waals surface area (Å²) in [5.41, 5.74) is 0.0613. The summed E-state index contributed by atoms with van der Waals surface area (Å²) in [7, 11) is 1.73. The minimum atomic E-state index is 0.0307. The molecule has 0 aromatic rings. The maximum Gasteiger partial charge on any atom is 0.0575 e. The standard InChI is InChI=1S/C10H20ClNO/c1-9(2)6-8(11)7-10(3,4)12(9)13-5/h8H,6-7H2,1-5H3. The number of rotatable bonds is 1. The lowest BCUT2D eigenvalue weighted by atomic mass is 9.82. The summed E-state index contributed by atoms with van der Waals surface area (Å²) in [6, 6.07) is 0. The Balaban J connectivity index is 2.88. The molecule has 0 saturated carbocycles. The molecule has 1 saturated heterocycles. The molecule has 0 aromatic carbocycles. The molecule has 0 radical (unpaired) electrons. The van der Waals surface area contributed by atoms with E-state index in [1.165, 1.54) is 0 Å². The van der Waals surface area contributed by atoms with Crippen LogP contribution in [0.2, 0.25) is 0 Å². The van der Waals surface area contributed by atoms with Crippen molar-refractivity contribution in [2.45, 2.75) is 57.0 Å². The van der Waals surface area contributed by atoms with Gasteiger partial charge in [-0.15, -0.1) is 11.6 Å². The summed E-state index contributed by atoms with van der Waals surface area (Å²) in [4.78, 5) is 5.44. The Morgan fingerprint density at radius 2 is 1.54 bits per heavy atom. The number of nitrogens with zero attached hydrogens (tertiary/aromatic N) is 1. The van der Waals surface area contributed by atoms with Crippen molar-refractivity contribution in [1.29, 1.82) is 0 Å². The molecule has 1 fully saturated rings. The summed E-state index contributed by atoms with van der Waals surface area (Å²) in [6.07, 6.45) is 1.96. The van der Waals surface area contributed by atoms with Crippen LogP contribution in [-0.2, 0) is 4.84 Å². The smallest absolute Gasteiger partial charge is 0.0575 e. The van der Waals surface area contributed by atoms with E-state index in [1.807, 2.05) is 0 Å². The lowest BCUT2D eigenvalue weighted by Gasteiger charge is -2.52. The van der Waals surface area contributed by atoms with Crippen molar-refractivity contribution >= 4 is 11.6 Å². The van der Waals surface area contributed by atoms with Gasteiger partial charge < -0.3 is 4.84 Å². The average Bonchev–Trinajstić information content (AvgIpc) is 1.79. The third-order valence-electron chi connectivity index (χ3n) is 2.72. The van der Waals surface area contributed by atoms with Gasteiger partial charge in [0.15, 0.2) is 0 Å². The minimum Gasteiger partial charge on any atom is -0.301 e. The number of hydrogen-bond acceptors (Lipinski definition) is 2. The van der Waals surface area contributed by atoms with Crippen molar-refractivity contribution in [2.75, 3.05) is 7.11 Å². The molecule has 1 aliphatic rings. The van der Waals surface area contributed by atoms with Crippen molar-refractivity contribution < 1.29 is 4.84 Å². The lowest BCUT2D eigenvalue weighted by molar-refractivity contribution is -0.262. The van der Waals surface area contributed by atoms with E-state index in [0.29, 0.717) is 0 Å². The molecule has 0 unspecified atom stereocenters. The highest BCUT2D eigenvalue weighted by Crippen LogP contribution is 2.40. The second-order valence-corrected chi connectivity index (χ2v) is 5.72. The van der Waals surface area contributed by atoms with Crippen molar-refractivity contribution in [3.8, 4) is 0 Å². The van der Waals surface area contributed by atoms with E-state index in [-0.39, 0.29) is 16.5 Å². The van der Waals surface area contributed by atoms with Gasteiger partial charge in [-0.3, -0.25) is 0 Å². The monoisotopic (exact) mass is 205 g/mol. The first-order valence-corrected chi connectivity index (χ1v) is 5.22. The quantitative estimate of drug-likeness (QED) is 0.611. The highest BCUT2D eigenvalue weighted by Gasteiger charge is 2.45. The first-order chi connectivity index (χ1) is 5.79. The fraction of sp³-hybridized carbons (Fsp3) is 1.00. The first kappa shape index (κ1) is 11.3. The van der Waals surface area contributed by atoms with E-state index < -0.39 is 0 Å². The first-order valence-electron chi connectivity index (χ1n) is 4.78. The predicted molar refractivity (Wildman–Crippen MR) is 55.9 cm³/mol. The van der Waals surface area contributed by atoms with Crippen LogP contribution in [0.3, 0.4) is 0 Å². The Hall–Kier alpha value is 0.210. The van der Waals surface area contributed by atoms with Gasteiger partial charge in [0, 0.05) is 16.5 Å². The van der Waals surface area contributed by atoms with E-state index in [0.717, 1.165) is 12.8 Å². The number of piperidine rings is 1. The zero-order chi connectivity index (χ0) is 10.3. The zero-order valence-electron chi connectivity index (χ0n) is 9.22. The van der Waals surface area contributed by atoms with E-state index in [4.69, 9.17) is 16.4 Å². The minimum absolute atomic E-state index is 0.0307. The molecule has 2 nitrogen and oxygen atoms in total. The summed E-state index contributed by atoms with van der Waals surface area (Å²) in [5.74, 6) is 0. The Morgan fingerprint density at radius 3 is 1.85 bits per heavy atom. The number of alkyl halides is 1. The molecule has 0 bridgehead atoms. The van der Waals surface area contributed by atoms with Gasteiger partial charge in [0.25, 0.3) is 0 Å². The van der Waals surface area contributed by atoms with Crippen molar-refractivity contribution in [1.82, 2.24) is 5.06 Å². The second kappa shape index (κ2) is 3.41. The molecule has 0 aromatic heterocycles. The Labute approximate surface area is 86.1 Å². The molecular weight excluding hydrogens is 186 g/mol. The normalized spacial score (nSPS) is 29.1. The van der Waals surface area contributed by atoms with E-state index in [1.54, 1.807) is 7.11 Å². The van der Waals surface area contributed by atoms with Crippen LogP contribution in [0.15, 0.2) is 0 Å². The summed E-state index contributed by atoms with van der Waals surface area (Å²) in [6.45, 7) is 8.69. The topological polar surface area (TPSA) is 12.5 Å². The number of hydroxylamine groups is 2. The highest BCUT2D eigenvalue weighted by molar-refractivity contribution is 6.20. The fourth-order valence-corrected chi connectivity index (χ4v) is 3.39. The number of hydrogen-bond donors (Lipinski definition) is 0. The fourth-order valence-electron chi connectivity index (χ4n) is 2.64. The van der Waals surface area contributed by atoms with Gasteiger partial charge in [0.05, 0.1) is 7.11 Å². The predicted octanol–water partition coefficient (Wildman–Crippen LogP) is 2.81. The summed E-state index contributed by atoms with van der Waals surface area (Å²) in [5, 5.41) is 2.33. The van der Waals surface area contributed by atoms with Crippen molar-refractivity contribution in [3.05, 3.63) is 0 Å². The van der Waals surface area contributed by atoms with Crippen LogP contribution < -0.4 is 0 Å². The van der Waals surface area contributed by atoms with Gasteiger partial charge in [0.2, 0.25) is 0 Å². The maximum absolute atomic E-state index is 6.23. The SMILES string of the molecule is CON1C(C)(C)CC(Cl)CC1(C)C. The van der Waals surface area contributed by atoms with Crippen LogP contribution in [0.25, 0.3) is 0 Å². The van der Waals surface area contributed by atoms with Crippen LogP contribution >= 0.6 is 11.6 Å².